The maximum Gasteiger partial charge on any atom is 0.253 e. The van der Waals surface area contributed by atoms with E-state index < -0.39 is 0 Å². The molecular weight excluding hydrogens is 473 g/mol. The number of nitrogens with one attached hydrogen (secondary N) is 2. The van der Waals surface area contributed by atoms with E-state index in [1.165, 1.54) is 0 Å². The second-order valence-corrected chi connectivity index (χ2v) is 8.42. The standard InChI is InChI=1S/C25H27N5O2.2ClH/c31-24(29-13-15-30(16-14-29)25(32)20-11-12-26-17-20)19-8-5-18(6-9-19)7-10-23-21-3-1-2-4-22(21)27-28-23;;/h1-10,20,26H,11-17H2,(H,27,28);2*1H. The number of benzene rings is 2. The van der Waals surface area contributed by atoms with Crippen molar-refractivity contribution in [2.45, 2.75) is 6.42 Å². The van der Waals surface area contributed by atoms with Crippen LogP contribution in [0.5, 0.6) is 0 Å². The molecule has 9 heteroatoms. The lowest BCUT2D eigenvalue weighted by Crippen LogP contribution is -2.52. The van der Waals surface area contributed by atoms with E-state index in [4.69, 9.17) is 0 Å². The van der Waals surface area contributed by atoms with E-state index in [2.05, 4.69) is 15.5 Å². The Kier molecular flexibility index (Phi) is 8.72. The van der Waals surface area contributed by atoms with Gasteiger partial charge in [-0.05, 0) is 42.8 Å². The third-order valence-electron chi connectivity index (χ3n) is 6.38. The van der Waals surface area contributed by atoms with Gasteiger partial charge in [0.25, 0.3) is 5.91 Å². The summed E-state index contributed by atoms with van der Waals surface area (Å²) in [5.74, 6) is 0.341. The minimum Gasteiger partial charge on any atom is -0.339 e. The van der Waals surface area contributed by atoms with E-state index in [9.17, 15) is 9.59 Å². The zero-order chi connectivity index (χ0) is 21.9. The van der Waals surface area contributed by atoms with Gasteiger partial charge in [0.15, 0.2) is 0 Å². The van der Waals surface area contributed by atoms with Gasteiger partial charge in [-0.15, -0.1) is 24.8 Å². The fourth-order valence-corrected chi connectivity index (χ4v) is 4.46. The van der Waals surface area contributed by atoms with E-state index in [0.717, 1.165) is 41.7 Å². The largest absolute Gasteiger partial charge is 0.339 e. The molecule has 180 valence electrons. The van der Waals surface area contributed by atoms with Crippen LogP contribution in [0.3, 0.4) is 0 Å². The van der Waals surface area contributed by atoms with Crippen molar-refractivity contribution in [3.05, 3.63) is 65.4 Å². The number of aromatic nitrogens is 2. The molecule has 0 saturated carbocycles. The summed E-state index contributed by atoms with van der Waals surface area (Å²) in [4.78, 5) is 29.2. The molecule has 2 aliphatic heterocycles. The average Bonchev–Trinajstić information content (AvgIpc) is 3.53. The topological polar surface area (TPSA) is 81.3 Å². The Balaban J connectivity index is 0.00000162. The van der Waals surface area contributed by atoms with Crippen molar-refractivity contribution in [1.29, 1.82) is 0 Å². The fraction of sp³-hybridized carbons (Fsp3) is 0.320. The molecule has 2 aromatic carbocycles. The van der Waals surface area contributed by atoms with Gasteiger partial charge in [0, 0.05) is 43.7 Å². The molecule has 7 nitrogen and oxygen atoms in total. The first-order valence-corrected chi connectivity index (χ1v) is 11.2. The minimum absolute atomic E-state index is 0. The zero-order valence-corrected chi connectivity index (χ0v) is 20.4. The molecule has 3 heterocycles. The Hall–Kier alpha value is -2.87. The minimum atomic E-state index is 0. The van der Waals surface area contributed by atoms with Gasteiger partial charge >= 0.3 is 0 Å². The molecule has 5 rings (SSSR count). The van der Waals surface area contributed by atoms with E-state index >= 15 is 0 Å². The van der Waals surface area contributed by atoms with Crippen LogP contribution in [0.1, 0.15) is 28.0 Å². The number of aromatic amines is 1. The molecule has 2 saturated heterocycles. The predicted octanol–water partition coefficient (Wildman–Crippen LogP) is 3.47. The van der Waals surface area contributed by atoms with Crippen molar-refractivity contribution in [2.24, 2.45) is 5.92 Å². The summed E-state index contributed by atoms with van der Waals surface area (Å²) >= 11 is 0. The maximum absolute atomic E-state index is 12.9. The van der Waals surface area contributed by atoms with Crippen LogP contribution in [-0.4, -0.2) is 71.1 Å². The highest BCUT2D eigenvalue weighted by Crippen LogP contribution is 2.19. The number of carbonyl (C=O) groups is 2. The average molecular weight is 502 g/mol. The molecule has 2 amide bonds. The first kappa shape index (κ1) is 25.7. The molecular formula is C25H29Cl2N5O2. The number of nitrogens with zero attached hydrogens (tertiary/aromatic N) is 3. The number of amides is 2. The number of rotatable bonds is 4. The number of hydrogen-bond donors (Lipinski definition) is 2. The fourth-order valence-electron chi connectivity index (χ4n) is 4.46. The van der Waals surface area contributed by atoms with E-state index in [1.54, 1.807) is 0 Å². The van der Waals surface area contributed by atoms with Crippen LogP contribution in [0.4, 0.5) is 0 Å². The van der Waals surface area contributed by atoms with Gasteiger partial charge in [-0.3, -0.25) is 14.7 Å². The predicted molar refractivity (Wildman–Crippen MR) is 139 cm³/mol. The van der Waals surface area contributed by atoms with Gasteiger partial charge in [0.05, 0.1) is 17.1 Å². The van der Waals surface area contributed by atoms with Crippen LogP contribution in [-0.2, 0) is 4.79 Å². The van der Waals surface area contributed by atoms with Crippen molar-refractivity contribution in [3.63, 3.8) is 0 Å². The molecule has 0 aliphatic carbocycles. The van der Waals surface area contributed by atoms with E-state index in [0.29, 0.717) is 31.7 Å². The van der Waals surface area contributed by atoms with Gasteiger partial charge in [0.2, 0.25) is 5.91 Å². The second-order valence-electron chi connectivity index (χ2n) is 8.42. The number of H-pyrrole nitrogens is 1. The number of piperazine rings is 1. The Labute approximate surface area is 211 Å². The molecule has 0 spiro atoms. The molecule has 2 fully saturated rings. The first-order chi connectivity index (χ1) is 15.7. The second kappa shape index (κ2) is 11.5. The van der Waals surface area contributed by atoms with Crippen LogP contribution in [0.25, 0.3) is 23.1 Å². The van der Waals surface area contributed by atoms with Crippen LogP contribution >= 0.6 is 24.8 Å². The van der Waals surface area contributed by atoms with Crippen LogP contribution in [0, 0.1) is 5.92 Å². The molecule has 2 N–H and O–H groups in total. The van der Waals surface area contributed by atoms with Crippen LogP contribution in [0.15, 0.2) is 48.5 Å². The molecule has 2 aliphatic rings. The van der Waals surface area contributed by atoms with Crippen molar-refractivity contribution in [3.8, 4) is 0 Å². The van der Waals surface area contributed by atoms with Gasteiger partial charge < -0.3 is 15.1 Å². The summed E-state index contributed by atoms with van der Waals surface area (Å²) in [6, 6.07) is 15.7. The van der Waals surface area contributed by atoms with E-state index in [1.807, 2.05) is 70.5 Å². The first-order valence-electron chi connectivity index (χ1n) is 11.2. The third kappa shape index (κ3) is 5.43. The van der Waals surface area contributed by atoms with Crippen molar-refractivity contribution < 1.29 is 9.59 Å². The maximum atomic E-state index is 12.9. The van der Waals surface area contributed by atoms with Crippen molar-refractivity contribution in [2.75, 3.05) is 39.3 Å². The van der Waals surface area contributed by atoms with Gasteiger partial charge in [0.1, 0.15) is 0 Å². The molecule has 34 heavy (non-hydrogen) atoms. The summed E-state index contributed by atoms with van der Waals surface area (Å²) in [6.45, 7) is 4.07. The summed E-state index contributed by atoms with van der Waals surface area (Å²) in [5.41, 5.74) is 3.58. The number of hydrogen-bond acceptors (Lipinski definition) is 4. The van der Waals surface area contributed by atoms with Gasteiger partial charge in [-0.1, -0.05) is 36.4 Å². The normalized spacial score (nSPS) is 18.1. The smallest absolute Gasteiger partial charge is 0.253 e. The Morgan fingerprint density at radius 2 is 1.62 bits per heavy atom. The molecule has 3 aromatic rings. The number of halogens is 2. The molecule has 1 aromatic heterocycles. The highest BCUT2D eigenvalue weighted by atomic mass is 35.5. The Morgan fingerprint density at radius 1 is 0.912 bits per heavy atom. The number of carbonyl (C=O) groups excluding carboxylic acids is 2. The van der Waals surface area contributed by atoms with E-state index in [-0.39, 0.29) is 42.5 Å². The summed E-state index contributed by atoms with van der Waals surface area (Å²) < 4.78 is 0. The third-order valence-corrected chi connectivity index (χ3v) is 6.38. The Morgan fingerprint density at radius 3 is 2.32 bits per heavy atom. The van der Waals surface area contributed by atoms with Crippen LogP contribution in [0.2, 0.25) is 0 Å². The molecule has 0 radical (unpaired) electrons. The number of para-hydroxylation sites is 1. The zero-order valence-electron chi connectivity index (χ0n) is 18.8. The van der Waals surface area contributed by atoms with Gasteiger partial charge in [-0.25, -0.2) is 0 Å². The highest BCUT2D eigenvalue weighted by Gasteiger charge is 2.30. The highest BCUT2D eigenvalue weighted by molar-refractivity contribution is 5.95. The molecule has 1 atom stereocenters. The number of fused-ring (bicyclic) bond motifs is 1. The van der Waals surface area contributed by atoms with Crippen molar-refractivity contribution in [1.82, 2.24) is 25.3 Å². The quantitative estimate of drug-likeness (QED) is 0.573. The lowest BCUT2D eigenvalue weighted by Gasteiger charge is -2.36. The van der Waals surface area contributed by atoms with Gasteiger partial charge in [-0.2, -0.15) is 5.10 Å². The van der Waals surface area contributed by atoms with Crippen molar-refractivity contribution >= 4 is 59.7 Å². The summed E-state index contributed by atoms with van der Waals surface area (Å²) in [5, 5.41) is 11.7. The lowest BCUT2D eigenvalue weighted by atomic mass is 10.1. The summed E-state index contributed by atoms with van der Waals surface area (Å²) in [6.07, 6.45) is 4.89. The Bertz CT molecular complexity index is 1150. The molecule has 1 unspecified atom stereocenters. The molecule has 0 bridgehead atoms. The SMILES string of the molecule is Cl.Cl.O=C(c1ccc(C=Cc2n[nH]c3ccccc23)cc1)N1CCN(C(=O)C2CCNC2)CC1. The lowest BCUT2D eigenvalue weighted by molar-refractivity contribution is -0.136. The summed E-state index contributed by atoms with van der Waals surface area (Å²) in [7, 11) is 0. The monoisotopic (exact) mass is 501 g/mol. The van der Waals surface area contributed by atoms with Crippen LogP contribution < -0.4 is 5.32 Å².